The maximum atomic E-state index is 5.91. The Morgan fingerprint density at radius 1 is 1.33 bits per heavy atom. The zero-order valence-corrected chi connectivity index (χ0v) is 13.3. The Morgan fingerprint density at radius 3 is 2.72 bits per heavy atom. The van der Waals surface area contributed by atoms with Gasteiger partial charge in [-0.25, -0.2) is 9.97 Å². The number of hydrogen-bond donors (Lipinski definition) is 1. The molecule has 0 spiro atoms. The number of nitrogens with zero attached hydrogens (tertiary/aromatic N) is 4. The van der Waals surface area contributed by atoms with Crippen molar-refractivity contribution >= 4 is 28.4 Å². The number of aromatic nitrogens is 2. The third-order valence-electron chi connectivity index (χ3n) is 3.49. The lowest BCUT2D eigenvalue weighted by Gasteiger charge is -2.37. The first kappa shape index (κ1) is 14.0. The van der Waals surface area contributed by atoms with E-state index in [1.165, 1.54) is 0 Å². The van der Waals surface area contributed by atoms with Crippen molar-refractivity contribution in [1.29, 1.82) is 0 Å². The molecule has 18 heavy (non-hydrogen) atoms. The summed E-state index contributed by atoms with van der Waals surface area (Å²) in [6.07, 6.45) is 0.864. The Labute approximate surface area is 122 Å². The van der Waals surface area contributed by atoms with Gasteiger partial charge in [0.1, 0.15) is 11.6 Å². The predicted molar refractivity (Wildman–Crippen MR) is 81.5 cm³/mol. The molecular formula is C12H20IN5. The first-order valence-corrected chi connectivity index (χ1v) is 7.22. The van der Waals surface area contributed by atoms with Crippen LogP contribution in [-0.2, 0) is 6.42 Å². The Bertz CT molecular complexity index is 413. The highest BCUT2D eigenvalue weighted by molar-refractivity contribution is 14.1. The highest BCUT2D eigenvalue weighted by Gasteiger charge is 2.23. The number of piperazine rings is 1. The van der Waals surface area contributed by atoms with Gasteiger partial charge < -0.3 is 15.5 Å². The van der Waals surface area contributed by atoms with E-state index in [2.05, 4.69) is 56.5 Å². The molecule has 6 heteroatoms. The molecule has 1 aliphatic heterocycles. The van der Waals surface area contributed by atoms with Crippen molar-refractivity contribution in [3.05, 3.63) is 15.1 Å². The summed E-state index contributed by atoms with van der Waals surface area (Å²) < 4.78 is 0.963. The third kappa shape index (κ3) is 3.10. The first-order chi connectivity index (χ1) is 8.47. The maximum Gasteiger partial charge on any atom is 0.140 e. The quantitative estimate of drug-likeness (QED) is 0.789. The Kier molecular flexibility index (Phi) is 4.39. The van der Waals surface area contributed by atoms with Gasteiger partial charge in [-0.3, -0.25) is 0 Å². The average molecular weight is 361 g/mol. The summed E-state index contributed by atoms with van der Waals surface area (Å²) in [5, 5.41) is 0. The number of aryl methyl sites for hydroxylation is 1. The molecule has 1 aromatic rings. The molecule has 2 heterocycles. The van der Waals surface area contributed by atoms with E-state index in [1.54, 1.807) is 0 Å². The zero-order chi connectivity index (χ0) is 13.3. The molecule has 0 amide bonds. The van der Waals surface area contributed by atoms with Gasteiger partial charge in [0.05, 0.1) is 9.26 Å². The van der Waals surface area contributed by atoms with Crippen LogP contribution in [0.2, 0.25) is 0 Å². The summed E-state index contributed by atoms with van der Waals surface area (Å²) >= 11 is 2.20. The molecule has 0 radical (unpaired) electrons. The smallest absolute Gasteiger partial charge is 0.140 e. The molecule has 1 fully saturated rings. The average Bonchev–Trinajstić information content (AvgIpc) is 2.31. The Morgan fingerprint density at radius 2 is 2.06 bits per heavy atom. The van der Waals surface area contributed by atoms with Crippen LogP contribution < -0.4 is 5.73 Å². The van der Waals surface area contributed by atoms with Crippen LogP contribution in [-0.4, -0.2) is 59.5 Å². The number of halogens is 1. The van der Waals surface area contributed by atoms with Crippen LogP contribution in [0, 0.1) is 10.5 Å². The molecule has 2 rings (SSSR count). The SMILES string of the molecule is Cc1nc(CC2CN(C)CCN2C)nc(N)c1I. The number of anilines is 1. The van der Waals surface area contributed by atoms with Gasteiger partial charge in [-0.2, -0.15) is 0 Å². The molecule has 1 unspecified atom stereocenters. The minimum atomic E-state index is 0.475. The van der Waals surface area contributed by atoms with Crippen molar-refractivity contribution in [3.8, 4) is 0 Å². The molecular weight excluding hydrogens is 341 g/mol. The minimum absolute atomic E-state index is 0.475. The molecule has 0 saturated carbocycles. The standard InChI is InChI=1S/C12H20IN5/c1-8-11(13)12(14)16-10(15-8)6-9-7-17(2)4-5-18(9)3/h9H,4-7H2,1-3H3,(H2,14,15,16). The zero-order valence-electron chi connectivity index (χ0n) is 11.1. The summed E-state index contributed by atoms with van der Waals surface area (Å²) in [7, 11) is 4.33. The Balaban J connectivity index is 2.13. The molecule has 1 saturated heterocycles. The van der Waals surface area contributed by atoms with Gasteiger partial charge >= 0.3 is 0 Å². The summed E-state index contributed by atoms with van der Waals surface area (Å²) in [5.41, 5.74) is 6.88. The fourth-order valence-corrected chi connectivity index (χ4v) is 2.51. The van der Waals surface area contributed by atoms with Gasteiger partial charge in [0.2, 0.25) is 0 Å². The van der Waals surface area contributed by atoms with Crippen molar-refractivity contribution in [1.82, 2.24) is 19.8 Å². The number of nitrogen functional groups attached to an aromatic ring is 1. The highest BCUT2D eigenvalue weighted by Crippen LogP contribution is 2.17. The van der Waals surface area contributed by atoms with Crippen molar-refractivity contribution in [3.63, 3.8) is 0 Å². The van der Waals surface area contributed by atoms with Crippen LogP contribution in [0.5, 0.6) is 0 Å². The van der Waals surface area contributed by atoms with E-state index in [4.69, 9.17) is 5.73 Å². The van der Waals surface area contributed by atoms with E-state index >= 15 is 0 Å². The van der Waals surface area contributed by atoms with Crippen molar-refractivity contribution in [2.75, 3.05) is 39.5 Å². The van der Waals surface area contributed by atoms with Crippen LogP contribution in [0.3, 0.4) is 0 Å². The van der Waals surface area contributed by atoms with Crippen molar-refractivity contribution in [2.45, 2.75) is 19.4 Å². The second-order valence-corrected chi connectivity index (χ2v) is 6.10. The molecule has 0 bridgehead atoms. The Hall–Kier alpha value is -0.470. The van der Waals surface area contributed by atoms with E-state index in [0.717, 1.165) is 41.1 Å². The van der Waals surface area contributed by atoms with Gasteiger partial charge in [-0.1, -0.05) is 0 Å². The van der Waals surface area contributed by atoms with E-state index in [0.29, 0.717) is 11.9 Å². The molecule has 1 aromatic heterocycles. The van der Waals surface area contributed by atoms with Gasteiger partial charge in [0.25, 0.3) is 0 Å². The van der Waals surface area contributed by atoms with Crippen molar-refractivity contribution < 1.29 is 0 Å². The van der Waals surface area contributed by atoms with E-state index in [9.17, 15) is 0 Å². The van der Waals surface area contributed by atoms with Gasteiger partial charge in [0, 0.05) is 32.1 Å². The third-order valence-corrected chi connectivity index (χ3v) is 4.82. The number of hydrogen-bond acceptors (Lipinski definition) is 5. The van der Waals surface area contributed by atoms with Gasteiger partial charge in [0.15, 0.2) is 0 Å². The second kappa shape index (κ2) is 5.66. The monoisotopic (exact) mass is 361 g/mol. The van der Waals surface area contributed by atoms with E-state index in [1.807, 2.05) is 6.92 Å². The van der Waals surface area contributed by atoms with Crippen molar-refractivity contribution in [2.24, 2.45) is 0 Å². The fourth-order valence-electron chi connectivity index (χ4n) is 2.27. The predicted octanol–water partition coefficient (Wildman–Crippen LogP) is 0.760. The van der Waals surface area contributed by atoms with Crippen LogP contribution in [0.15, 0.2) is 0 Å². The van der Waals surface area contributed by atoms with E-state index in [-0.39, 0.29) is 0 Å². The fraction of sp³-hybridized carbons (Fsp3) is 0.667. The molecule has 100 valence electrons. The summed E-state index contributed by atoms with van der Waals surface area (Å²) in [6.45, 7) is 5.27. The molecule has 5 nitrogen and oxygen atoms in total. The number of rotatable bonds is 2. The lowest BCUT2D eigenvalue weighted by atomic mass is 10.1. The highest BCUT2D eigenvalue weighted by atomic mass is 127. The van der Waals surface area contributed by atoms with Gasteiger partial charge in [-0.05, 0) is 43.6 Å². The summed E-state index contributed by atoms with van der Waals surface area (Å²) in [6, 6.07) is 0.475. The number of likely N-dealkylation sites (N-methyl/N-ethyl adjacent to an activating group) is 2. The molecule has 0 aliphatic carbocycles. The van der Waals surface area contributed by atoms with Crippen LogP contribution >= 0.6 is 22.6 Å². The molecule has 0 aromatic carbocycles. The van der Waals surface area contributed by atoms with E-state index < -0.39 is 0 Å². The molecule has 1 aliphatic rings. The number of nitrogens with two attached hydrogens (primary N) is 1. The maximum absolute atomic E-state index is 5.91. The lowest BCUT2D eigenvalue weighted by Crippen LogP contribution is -2.51. The topological polar surface area (TPSA) is 58.3 Å². The lowest BCUT2D eigenvalue weighted by molar-refractivity contribution is 0.113. The molecule has 2 N–H and O–H groups in total. The van der Waals surface area contributed by atoms with Crippen LogP contribution in [0.25, 0.3) is 0 Å². The van der Waals surface area contributed by atoms with Crippen LogP contribution in [0.4, 0.5) is 5.82 Å². The first-order valence-electron chi connectivity index (χ1n) is 6.14. The van der Waals surface area contributed by atoms with Gasteiger partial charge in [-0.15, -0.1) is 0 Å². The summed E-state index contributed by atoms with van der Waals surface area (Å²) in [5.74, 6) is 1.46. The summed E-state index contributed by atoms with van der Waals surface area (Å²) in [4.78, 5) is 13.7. The minimum Gasteiger partial charge on any atom is -0.383 e. The second-order valence-electron chi connectivity index (χ2n) is 5.03. The molecule has 1 atom stereocenters. The normalized spacial score (nSPS) is 22.3. The van der Waals surface area contributed by atoms with Crippen LogP contribution in [0.1, 0.15) is 11.5 Å². The largest absolute Gasteiger partial charge is 0.383 e.